The summed E-state index contributed by atoms with van der Waals surface area (Å²) in [6.45, 7) is 2.04. The Bertz CT molecular complexity index is 57.0. The van der Waals surface area contributed by atoms with E-state index in [0.717, 1.165) is 24.6 Å². The van der Waals surface area contributed by atoms with Gasteiger partial charge in [0.25, 0.3) is 0 Å². The molecule has 0 aromatic rings. The molecule has 0 aliphatic rings. The smallest absolute Gasteiger partial charge is 0.210 e. The molecule has 2 heteroatoms. The number of alkyl halides is 1. The Morgan fingerprint density at radius 3 is 3.00 bits per heavy atom. The summed E-state index contributed by atoms with van der Waals surface area (Å²) >= 11 is 3.32. The topological polar surface area (TPSA) is 20.2 Å². The van der Waals surface area contributed by atoms with Crippen LogP contribution in [0.15, 0.2) is 0 Å². The van der Waals surface area contributed by atoms with Crippen LogP contribution in [0.2, 0.25) is 0 Å². The highest BCUT2D eigenvalue weighted by molar-refractivity contribution is 9.09. The predicted molar refractivity (Wildman–Crippen MR) is 39.3 cm³/mol. The summed E-state index contributed by atoms with van der Waals surface area (Å²) in [5.41, 5.74) is 0. The Kier molecular flexibility index (Phi) is 4.57. The normalized spacial score (nSPS) is 15.5. The van der Waals surface area contributed by atoms with Crippen molar-refractivity contribution >= 4 is 15.9 Å². The maximum Gasteiger partial charge on any atom is 0.210 e. The van der Waals surface area contributed by atoms with Gasteiger partial charge in [-0.15, -0.1) is 0 Å². The van der Waals surface area contributed by atoms with Gasteiger partial charge in [0.2, 0.25) is 1.43 Å². The van der Waals surface area contributed by atoms with E-state index in [2.05, 4.69) is 21.0 Å². The molecule has 8 heavy (non-hydrogen) atoms. The van der Waals surface area contributed by atoms with Crippen LogP contribution in [0.3, 0.4) is 0 Å². The number of rotatable bonds is 5. The van der Waals surface area contributed by atoms with E-state index < -0.39 is 0 Å². The summed E-state index contributed by atoms with van der Waals surface area (Å²) in [6.07, 6.45) is 3.17. The lowest BCUT2D eigenvalue weighted by Crippen LogP contribution is -2.03. The van der Waals surface area contributed by atoms with Gasteiger partial charge in [-0.3, -0.25) is 0 Å². The Labute approximate surface area is 60.7 Å². The molecule has 0 rings (SSSR count). The van der Waals surface area contributed by atoms with Gasteiger partial charge in [0.05, 0.1) is 6.10 Å². The zero-order valence-corrected chi connectivity index (χ0v) is 6.78. The van der Waals surface area contributed by atoms with Crippen molar-refractivity contribution in [2.75, 3.05) is 5.33 Å². The maximum atomic E-state index is 6.62. The van der Waals surface area contributed by atoms with Gasteiger partial charge < -0.3 is 5.11 Å². The number of aliphatic hydroxyl groups excluding tert-OH is 1. The Morgan fingerprint density at radius 2 is 2.62 bits per heavy atom. The van der Waals surface area contributed by atoms with E-state index in [1.165, 1.54) is 0 Å². The lowest BCUT2D eigenvalue weighted by atomic mass is 10.2. The standard InChI is InChI=1S/C6H13BrO/c1-2-6(8)4-3-5-7/h6,8H,2-5H2,1H3/t6-/m0/s1/i8T. The summed E-state index contributed by atoms with van der Waals surface area (Å²) in [7, 11) is 0. The quantitative estimate of drug-likeness (QED) is 0.645. The molecule has 1 nitrogen and oxygen atoms in total. The van der Waals surface area contributed by atoms with E-state index in [1.54, 1.807) is 0 Å². The van der Waals surface area contributed by atoms with Crippen molar-refractivity contribution in [3.05, 3.63) is 0 Å². The van der Waals surface area contributed by atoms with Gasteiger partial charge >= 0.3 is 0 Å². The highest BCUT2D eigenvalue weighted by Gasteiger charge is 1.96. The second kappa shape index (κ2) is 5.57. The van der Waals surface area contributed by atoms with Gasteiger partial charge in [-0.25, -0.2) is 0 Å². The Morgan fingerprint density at radius 1 is 1.88 bits per heavy atom. The molecule has 0 spiro atoms. The van der Waals surface area contributed by atoms with E-state index in [4.69, 9.17) is 1.43 Å². The zero-order valence-electron chi connectivity index (χ0n) is 6.19. The van der Waals surface area contributed by atoms with Gasteiger partial charge in [-0.05, 0) is 19.3 Å². The van der Waals surface area contributed by atoms with E-state index in [-0.39, 0.29) is 6.10 Å². The SMILES string of the molecule is [3H]O[C@@H](CC)CCCBr. The Hall–Kier alpha value is 0.440. The van der Waals surface area contributed by atoms with Crippen molar-refractivity contribution < 1.29 is 5.11 Å². The third kappa shape index (κ3) is 4.60. The summed E-state index contributed by atoms with van der Waals surface area (Å²) in [5, 5.41) is 5.44. The fourth-order valence-corrected chi connectivity index (χ4v) is 0.833. The molecule has 0 saturated carbocycles. The number of aliphatic hydroxyl groups is 1. The molecule has 1 N–H and O–H groups in total. The number of halogens is 1. The van der Waals surface area contributed by atoms with Crippen LogP contribution in [0.5, 0.6) is 0 Å². The molecule has 0 amide bonds. The molecule has 0 fully saturated rings. The van der Waals surface area contributed by atoms with Crippen LogP contribution >= 0.6 is 15.9 Å². The lowest BCUT2D eigenvalue weighted by molar-refractivity contribution is 0.160. The minimum absolute atomic E-state index is 0.141. The molecule has 0 bridgehead atoms. The molecule has 0 unspecified atom stereocenters. The van der Waals surface area contributed by atoms with Crippen LogP contribution in [0.25, 0.3) is 0 Å². The molecule has 0 aromatic heterocycles. The van der Waals surface area contributed by atoms with E-state index in [0.29, 0.717) is 0 Å². The average Bonchev–Trinajstić information content (AvgIpc) is 1.91. The van der Waals surface area contributed by atoms with Crippen molar-refractivity contribution in [3.63, 3.8) is 0 Å². The molecule has 50 valence electrons. The molecule has 1 atom stereocenters. The van der Waals surface area contributed by atoms with Crippen molar-refractivity contribution in [2.24, 2.45) is 0 Å². The van der Waals surface area contributed by atoms with E-state index in [9.17, 15) is 0 Å². The average molecular weight is 183 g/mol. The van der Waals surface area contributed by atoms with Crippen molar-refractivity contribution in [1.82, 2.24) is 0 Å². The van der Waals surface area contributed by atoms with Crippen LogP contribution < -0.4 is 0 Å². The van der Waals surface area contributed by atoms with Gasteiger partial charge in [-0.2, -0.15) is 0 Å². The summed E-state index contributed by atoms with van der Waals surface area (Å²) < 4.78 is 6.62. The van der Waals surface area contributed by atoms with Gasteiger partial charge in [-0.1, -0.05) is 22.9 Å². The largest absolute Gasteiger partial charge is 0.393 e. The first-order valence-electron chi connectivity index (χ1n) is 3.43. The van der Waals surface area contributed by atoms with Crippen LogP contribution in [0.1, 0.15) is 26.2 Å². The number of hydrogen-bond donors (Lipinski definition) is 1. The van der Waals surface area contributed by atoms with Crippen LogP contribution in [0.4, 0.5) is 0 Å². The first kappa shape index (κ1) is 6.56. The van der Waals surface area contributed by atoms with Crippen molar-refractivity contribution in [1.29, 1.82) is 1.43 Å². The second-order valence-corrected chi connectivity index (χ2v) is 2.65. The summed E-state index contributed by atoms with van der Waals surface area (Å²) in [5.74, 6) is 0. The fourth-order valence-electron chi connectivity index (χ4n) is 0.509. The highest BCUT2D eigenvalue weighted by atomic mass is 79.9. The predicted octanol–water partition coefficient (Wildman–Crippen LogP) is 1.93. The molecular weight excluding hydrogens is 168 g/mol. The molecule has 0 heterocycles. The van der Waals surface area contributed by atoms with Gasteiger partial charge in [0.1, 0.15) is 0 Å². The minimum Gasteiger partial charge on any atom is -0.393 e. The van der Waals surface area contributed by atoms with E-state index in [1.807, 2.05) is 6.92 Å². The van der Waals surface area contributed by atoms with Crippen molar-refractivity contribution in [3.8, 4) is 0 Å². The highest BCUT2D eigenvalue weighted by Crippen LogP contribution is 2.01. The molecule has 0 aromatic carbocycles. The summed E-state index contributed by atoms with van der Waals surface area (Å²) in [6, 6.07) is 0. The zero-order chi connectivity index (χ0) is 7.11. The maximum absolute atomic E-state index is 6.62. The van der Waals surface area contributed by atoms with Crippen LogP contribution in [-0.2, 0) is 0 Å². The third-order valence-electron chi connectivity index (χ3n) is 1.12. The minimum atomic E-state index is 0.141. The second-order valence-electron chi connectivity index (χ2n) is 1.86. The van der Waals surface area contributed by atoms with Gasteiger partial charge in [0, 0.05) is 5.33 Å². The molecule has 0 aliphatic carbocycles. The monoisotopic (exact) mass is 182 g/mol. The van der Waals surface area contributed by atoms with E-state index >= 15 is 0 Å². The fraction of sp³-hybridized carbons (Fsp3) is 1.00. The molecule has 0 aliphatic heterocycles. The lowest BCUT2D eigenvalue weighted by Gasteiger charge is -2.03. The van der Waals surface area contributed by atoms with Crippen LogP contribution in [0, 0.1) is 0 Å². The molecule has 0 radical (unpaired) electrons. The first-order valence-corrected chi connectivity index (χ1v) is 4.15. The van der Waals surface area contributed by atoms with Crippen LogP contribution in [-0.4, -0.2) is 18.0 Å². The molecular formula is C6H13BrO. The molecule has 0 saturated heterocycles. The third-order valence-corrected chi connectivity index (χ3v) is 1.68. The Balaban J connectivity index is 3.09. The van der Waals surface area contributed by atoms with Crippen molar-refractivity contribution in [2.45, 2.75) is 32.3 Å². The summed E-state index contributed by atoms with van der Waals surface area (Å²) in [4.78, 5) is 0. The number of hydrogen-bond acceptors (Lipinski definition) is 1. The van der Waals surface area contributed by atoms with Gasteiger partial charge in [0.15, 0.2) is 0 Å². The first-order chi connectivity index (χ1) is 4.35.